The number of benzene rings is 2. The van der Waals surface area contributed by atoms with E-state index in [9.17, 15) is 4.21 Å². The first kappa shape index (κ1) is 9.18. The van der Waals surface area contributed by atoms with Gasteiger partial charge in [-0.2, -0.15) is 0 Å². The van der Waals surface area contributed by atoms with E-state index in [0.29, 0.717) is 10.6 Å². The quantitative estimate of drug-likeness (QED) is 0.555. The summed E-state index contributed by atoms with van der Waals surface area (Å²) in [6, 6.07) is 10.5. The van der Waals surface area contributed by atoms with E-state index in [1.807, 2.05) is 6.07 Å². The molecule has 2 aromatic carbocycles. The summed E-state index contributed by atoms with van der Waals surface area (Å²) in [5.74, 6) is 0. The molecule has 2 aromatic rings. The van der Waals surface area contributed by atoms with E-state index in [0.717, 1.165) is 10.8 Å². The van der Waals surface area contributed by atoms with Crippen LogP contribution in [-0.2, 0) is 11.1 Å². The fourth-order valence-electron chi connectivity index (χ4n) is 1.46. The van der Waals surface area contributed by atoms with Crippen LogP contribution in [0.4, 0.5) is 5.69 Å². The zero-order valence-electron chi connectivity index (χ0n) is 7.31. The minimum atomic E-state index is -1.97. The molecule has 1 unspecified atom stereocenters. The Morgan fingerprint density at radius 2 is 1.71 bits per heavy atom. The van der Waals surface area contributed by atoms with Crippen LogP contribution in [0.5, 0.6) is 0 Å². The van der Waals surface area contributed by atoms with Crippen LogP contribution >= 0.6 is 0 Å². The van der Waals surface area contributed by atoms with Crippen molar-refractivity contribution in [3.63, 3.8) is 0 Å². The minimum absolute atomic E-state index is 0.398. The van der Waals surface area contributed by atoms with Gasteiger partial charge in [0.25, 0.3) is 0 Å². The van der Waals surface area contributed by atoms with Gasteiger partial charge in [0.05, 0.1) is 4.90 Å². The fraction of sp³-hybridized carbons (Fsp3) is 0. The maximum atomic E-state index is 11.0. The Kier molecular flexibility index (Phi) is 2.23. The number of rotatable bonds is 1. The molecular weight excluding hydrogens is 198 g/mol. The van der Waals surface area contributed by atoms with E-state index in [2.05, 4.69) is 0 Å². The van der Waals surface area contributed by atoms with Crippen LogP contribution in [-0.4, -0.2) is 8.76 Å². The van der Waals surface area contributed by atoms with Gasteiger partial charge < -0.3 is 10.3 Å². The first-order chi connectivity index (χ1) is 6.70. The van der Waals surface area contributed by atoms with Crippen LogP contribution in [0.2, 0.25) is 0 Å². The lowest BCUT2D eigenvalue weighted by Crippen LogP contribution is -1.92. The van der Waals surface area contributed by atoms with E-state index in [1.54, 1.807) is 30.3 Å². The van der Waals surface area contributed by atoms with Gasteiger partial charge in [0.1, 0.15) is 0 Å². The summed E-state index contributed by atoms with van der Waals surface area (Å²) in [6.45, 7) is 0. The highest BCUT2D eigenvalue weighted by molar-refractivity contribution is 7.79. The minimum Gasteiger partial charge on any atom is -0.398 e. The smallest absolute Gasteiger partial charge is 0.187 e. The van der Waals surface area contributed by atoms with Gasteiger partial charge in [0.2, 0.25) is 0 Å². The molecule has 0 aliphatic heterocycles. The molecule has 1 atom stereocenters. The molecule has 2 rings (SSSR count). The van der Waals surface area contributed by atoms with Crippen LogP contribution in [0.25, 0.3) is 10.8 Å². The van der Waals surface area contributed by atoms with E-state index in [4.69, 9.17) is 10.3 Å². The molecular formula is C10H9NO2S. The Hall–Kier alpha value is -1.39. The van der Waals surface area contributed by atoms with Crippen molar-refractivity contribution < 1.29 is 8.76 Å². The van der Waals surface area contributed by atoms with Crippen molar-refractivity contribution in [1.82, 2.24) is 0 Å². The third kappa shape index (κ3) is 1.38. The van der Waals surface area contributed by atoms with Gasteiger partial charge in [-0.05, 0) is 12.1 Å². The lowest BCUT2D eigenvalue weighted by molar-refractivity contribution is 0.565. The van der Waals surface area contributed by atoms with Gasteiger partial charge in [-0.1, -0.05) is 24.3 Å². The lowest BCUT2D eigenvalue weighted by Gasteiger charge is -2.04. The largest absolute Gasteiger partial charge is 0.398 e. The predicted octanol–water partition coefficient (Wildman–Crippen LogP) is 2.00. The van der Waals surface area contributed by atoms with E-state index in [1.165, 1.54) is 0 Å². The Balaban J connectivity index is 2.88. The van der Waals surface area contributed by atoms with Crippen LogP contribution < -0.4 is 5.73 Å². The molecule has 3 nitrogen and oxygen atoms in total. The lowest BCUT2D eigenvalue weighted by atomic mass is 10.1. The van der Waals surface area contributed by atoms with Crippen molar-refractivity contribution in [1.29, 1.82) is 0 Å². The first-order valence-corrected chi connectivity index (χ1v) is 5.19. The number of nitrogen functional groups attached to an aromatic ring is 1. The van der Waals surface area contributed by atoms with E-state index in [-0.39, 0.29) is 0 Å². The maximum Gasteiger partial charge on any atom is 0.187 e. The summed E-state index contributed by atoms with van der Waals surface area (Å²) in [7, 11) is 0. The predicted molar refractivity (Wildman–Crippen MR) is 57.4 cm³/mol. The Morgan fingerprint density at radius 3 is 2.43 bits per heavy atom. The average Bonchev–Trinajstić information content (AvgIpc) is 2.17. The number of anilines is 1. The standard InChI is InChI=1S/C10H9NO2S/c11-9-5-1-4-8-7(9)3-2-6-10(8)14(12)13/h1-6H,11H2,(H,12,13). The molecule has 72 valence electrons. The summed E-state index contributed by atoms with van der Waals surface area (Å²) < 4.78 is 20.0. The van der Waals surface area contributed by atoms with Gasteiger partial charge in [-0.15, -0.1) is 0 Å². The topological polar surface area (TPSA) is 63.3 Å². The number of nitrogens with two attached hydrogens (primary N) is 1. The highest BCUT2D eigenvalue weighted by Crippen LogP contribution is 2.25. The molecule has 0 aromatic heterocycles. The summed E-state index contributed by atoms with van der Waals surface area (Å²) >= 11 is -1.97. The van der Waals surface area contributed by atoms with Crippen LogP contribution in [0.15, 0.2) is 41.3 Å². The summed E-state index contributed by atoms with van der Waals surface area (Å²) in [5, 5.41) is 1.54. The molecule has 0 radical (unpaired) electrons. The van der Waals surface area contributed by atoms with Crippen LogP contribution in [0, 0.1) is 0 Å². The van der Waals surface area contributed by atoms with E-state index >= 15 is 0 Å². The second kappa shape index (κ2) is 3.40. The number of fused-ring (bicyclic) bond motifs is 1. The SMILES string of the molecule is Nc1cccc2c(S(=O)O)cccc12. The van der Waals surface area contributed by atoms with Gasteiger partial charge in [0.15, 0.2) is 11.1 Å². The highest BCUT2D eigenvalue weighted by atomic mass is 32.2. The Bertz CT molecular complexity index is 510. The molecule has 0 aliphatic carbocycles. The third-order valence-electron chi connectivity index (χ3n) is 2.10. The molecule has 3 N–H and O–H groups in total. The van der Waals surface area contributed by atoms with Crippen molar-refractivity contribution in [2.75, 3.05) is 5.73 Å². The van der Waals surface area contributed by atoms with Crippen molar-refractivity contribution in [3.05, 3.63) is 36.4 Å². The molecule has 0 saturated heterocycles. The molecule has 0 spiro atoms. The maximum absolute atomic E-state index is 11.0. The molecule has 0 bridgehead atoms. The first-order valence-electron chi connectivity index (χ1n) is 4.08. The van der Waals surface area contributed by atoms with Crippen molar-refractivity contribution in [3.8, 4) is 0 Å². The molecule has 0 saturated carbocycles. The number of hydrogen-bond donors (Lipinski definition) is 2. The van der Waals surface area contributed by atoms with Gasteiger partial charge in [-0.25, -0.2) is 4.21 Å². The van der Waals surface area contributed by atoms with Gasteiger partial charge >= 0.3 is 0 Å². The Labute approximate surface area is 83.8 Å². The third-order valence-corrected chi connectivity index (χ3v) is 2.84. The molecule has 0 fully saturated rings. The van der Waals surface area contributed by atoms with Crippen molar-refractivity contribution in [2.24, 2.45) is 0 Å². The van der Waals surface area contributed by atoms with Gasteiger partial charge in [0, 0.05) is 16.5 Å². The molecule has 0 aliphatic rings. The second-order valence-corrected chi connectivity index (χ2v) is 3.89. The number of hydrogen-bond acceptors (Lipinski definition) is 2. The van der Waals surface area contributed by atoms with Crippen LogP contribution in [0.1, 0.15) is 0 Å². The zero-order valence-corrected chi connectivity index (χ0v) is 8.12. The normalized spacial score (nSPS) is 12.9. The Morgan fingerprint density at radius 1 is 1.07 bits per heavy atom. The summed E-state index contributed by atoms with van der Waals surface area (Å²) in [6.07, 6.45) is 0. The summed E-state index contributed by atoms with van der Waals surface area (Å²) in [5.41, 5.74) is 6.36. The second-order valence-electron chi connectivity index (χ2n) is 2.95. The molecule has 0 amide bonds. The van der Waals surface area contributed by atoms with Gasteiger partial charge in [-0.3, -0.25) is 0 Å². The fourth-order valence-corrected chi connectivity index (χ4v) is 2.02. The van der Waals surface area contributed by atoms with Crippen molar-refractivity contribution in [2.45, 2.75) is 4.90 Å². The molecule has 14 heavy (non-hydrogen) atoms. The molecule has 4 heteroatoms. The zero-order chi connectivity index (χ0) is 10.1. The molecule has 0 heterocycles. The van der Waals surface area contributed by atoms with Crippen molar-refractivity contribution >= 4 is 27.5 Å². The van der Waals surface area contributed by atoms with E-state index < -0.39 is 11.1 Å². The van der Waals surface area contributed by atoms with Crippen LogP contribution in [0.3, 0.4) is 0 Å². The monoisotopic (exact) mass is 207 g/mol. The summed E-state index contributed by atoms with van der Waals surface area (Å²) in [4.78, 5) is 0.398. The average molecular weight is 207 g/mol. The highest BCUT2D eigenvalue weighted by Gasteiger charge is 2.06.